The van der Waals surface area contributed by atoms with Gasteiger partial charge in [0.05, 0.1) is 6.10 Å². The molecule has 2 aliphatic carbocycles. The van der Waals surface area contributed by atoms with Crippen molar-refractivity contribution >= 4 is 0 Å². The fourth-order valence-corrected chi connectivity index (χ4v) is 1.69. The minimum atomic E-state index is -0.0550. The zero-order chi connectivity index (χ0) is 6.97. The van der Waals surface area contributed by atoms with Crippen LogP contribution in [0, 0.1) is 0 Å². The lowest BCUT2D eigenvalue weighted by molar-refractivity contribution is 0.148. The van der Waals surface area contributed by atoms with Crippen molar-refractivity contribution in [1.29, 1.82) is 0 Å². The first-order valence-electron chi connectivity index (χ1n) is 4.30. The molecule has 2 heteroatoms. The third kappa shape index (κ3) is 1.32. The van der Waals surface area contributed by atoms with Crippen LogP contribution in [0.5, 0.6) is 0 Å². The van der Waals surface area contributed by atoms with Gasteiger partial charge in [-0.1, -0.05) is 0 Å². The molecule has 2 atom stereocenters. The largest absolute Gasteiger partial charge is 0.392 e. The van der Waals surface area contributed by atoms with Crippen molar-refractivity contribution in [2.24, 2.45) is 0 Å². The van der Waals surface area contributed by atoms with E-state index in [-0.39, 0.29) is 6.10 Å². The molecule has 0 saturated heterocycles. The predicted octanol–water partition coefficient (Wildman–Crippen LogP) is 0.652. The standard InChI is InChI=1S/C8H15NO/c10-8-3-1-2-7(8)9-6-4-5-6/h6-10H,1-5H2/t7-,8-/m1/s1. The van der Waals surface area contributed by atoms with E-state index < -0.39 is 0 Å². The SMILES string of the molecule is O[C@@H]1CCC[C@H]1NC1CC1. The lowest BCUT2D eigenvalue weighted by atomic mass is 10.2. The second-order valence-corrected chi connectivity index (χ2v) is 3.55. The highest BCUT2D eigenvalue weighted by molar-refractivity contribution is 4.90. The van der Waals surface area contributed by atoms with Gasteiger partial charge in [0, 0.05) is 12.1 Å². The van der Waals surface area contributed by atoms with Gasteiger partial charge in [0.1, 0.15) is 0 Å². The Morgan fingerprint density at radius 3 is 2.40 bits per heavy atom. The van der Waals surface area contributed by atoms with E-state index in [1.54, 1.807) is 0 Å². The molecule has 2 fully saturated rings. The van der Waals surface area contributed by atoms with Gasteiger partial charge in [-0.05, 0) is 32.1 Å². The molecule has 0 aromatic carbocycles. The third-order valence-electron chi connectivity index (χ3n) is 2.51. The molecular formula is C8H15NO. The van der Waals surface area contributed by atoms with Crippen LogP contribution in [0.1, 0.15) is 32.1 Å². The highest BCUT2D eigenvalue weighted by Gasteiger charge is 2.30. The summed E-state index contributed by atoms with van der Waals surface area (Å²) in [5, 5.41) is 12.9. The lowest BCUT2D eigenvalue weighted by Gasteiger charge is -2.15. The molecule has 2 N–H and O–H groups in total. The maximum absolute atomic E-state index is 9.40. The zero-order valence-corrected chi connectivity index (χ0v) is 6.21. The van der Waals surface area contributed by atoms with E-state index in [1.165, 1.54) is 25.7 Å². The van der Waals surface area contributed by atoms with Crippen LogP contribution in [0.4, 0.5) is 0 Å². The molecule has 0 bridgehead atoms. The quantitative estimate of drug-likeness (QED) is 0.592. The summed E-state index contributed by atoms with van der Waals surface area (Å²) >= 11 is 0. The molecule has 10 heavy (non-hydrogen) atoms. The van der Waals surface area contributed by atoms with Gasteiger partial charge in [0.2, 0.25) is 0 Å². The summed E-state index contributed by atoms with van der Waals surface area (Å²) in [6, 6.07) is 1.17. The Hall–Kier alpha value is -0.0800. The van der Waals surface area contributed by atoms with Crippen LogP contribution in [-0.2, 0) is 0 Å². The first-order chi connectivity index (χ1) is 4.86. The molecule has 0 heterocycles. The Balaban J connectivity index is 1.79. The molecule has 58 valence electrons. The van der Waals surface area contributed by atoms with E-state index in [4.69, 9.17) is 0 Å². The smallest absolute Gasteiger partial charge is 0.0693 e. The van der Waals surface area contributed by atoms with Crippen LogP contribution in [0.15, 0.2) is 0 Å². The maximum Gasteiger partial charge on any atom is 0.0693 e. The molecule has 0 aromatic heterocycles. The fourth-order valence-electron chi connectivity index (χ4n) is 1.69. The van der Waals surface area contributed by atoms with Crippen molar-refractivity contribution in [1.82, 2.24) is 5.32 Å². The van der Waals surface area contributed by atoms with Gasteiger partial charge in [0.25, 0.3) is 0 Å². The molecule has 2 aliphatic rings. The lowest BCUT2D eigenvalue weighted by Crippen LogP contribution is -2.36. The molecule has 0 unspecified atom stereocenters. The molecule has 0 spiro atoms. The topological polar surface area (TPSA) is 32.3 Å². The predicted molar refractivity (Wildman–Crippen MR) is 39.8 cm³/mol. The summed E-state index contributed by atoms with van der Waals surface area (Å²) in [4.78, 5) is 0. The maximum atomic E-state index is 9.40. The Labute approximate surface area is 61.6 Å². The Kier molecular flexibility index (Phi) is 1.66. The van der Waals surface area contributed by atoms with Crippen LogP contribution >= 0.6 is 0 Å². The second kappa shape index (κ2) is 2.51. The first-order valence-corrected chi connectivity index (χ1v) is 4.30. The molecule has 0 aliphatic heterocycles. The van der Waals surface area contributed by atoms with E-state index in [0.29, 0.717) is 6.04 Å². The molecule has 2 saturated carbocycles. The van der Waals surface area contributed by atoms with Gasteiger partial charge in [-0.3, -0.25) is 0 Å². The Morgan fingerprint density at radius 2 is 1.90 bits per heavy atom. The minimum Gasteiger partial charge on any atom is -0.392 e. The monoisotopic (exact) mass is 141 g/mol. The van der Waals surface area contributed by atoms with Gasteiger partial charge in [-0.25, -0.2) is 0 Å². The number of aliphatic hydroxyl groups is 1. The van der Waals surface area contributed by atoms with Crippen LogP contribution in [0.2, 0.25) is 0 Å². The number of hydrogen-bond donors (Lipinski definition) is 2. The molecule has 2 rings (SSSR count). The highest BCUT2D eigenvalue weighted by atomic mass is 16.3. The third-order valence-corrected chi connectivity index (χ3v) is 2.51. The molecule has 0 amide bonds. The fraction of sp³-hybridized carbons (Fsp3) is 1.00. The van der Waals surface area contributed by atoms with E-state index in [0.717, 1.165) is 12.5 Å². The average molecular weight is 141 g/mol. The number of rotatable bonds is 2. The van der Waals surface area contributed by atoms with E-state index in [2.05, 4.69) is 5.32 Å². The van der Waals surface area contributed by atoms with Crippen LogP contribution in [0.25, 0.3) is 0 Å². The number of aliphatic hydroxyl groups excluding tert-OH is 1. The van der Waals surface area contributed by atoms with Crippen molar-refractivity contribution in [3.05, 3.63) is 0 Å². The molecule has 2 nitrogen and oxygen atoms in total. The van der Waals surface area contributed by atoms with Crippen molar-refractivity contribution in [3.63, 3.8) is 0 Å². The summed E-state index contributed by atoms with van der Waals surface area (Å²) in [5.74, 6) is 0. The number of hydrogen-bond acceptors (Lipinski definition) is 2. The summed E-state index contributed by atoms with van der Waals surface area (Å²) in [5.41, 5.74) is 0. The summed E-state index contributed by atoms with van der Waals surface area (Å²) in [6.45, 7) is 0. The minimum absolute atomic E-state index is 0.0550. The Morgan fingerprint density at radius 1 is 1.10 bits per heavy atom. The van der Waals surface area contributed by atoms with E-state index in [9.17, 15) is 5.11 Å². The summed E-state index contributed by atoms with van der Waals surface area (Å²) in [7, 11) is 0. The van der Waals surface area contributed by atoms with Crippen molar-refractivity contribution in [3.8, 4) is 0 Å². The highest BCUT2D eigenvalue weighted by Crippen LogP contribution is 2.25. The van der Waals surface area contributed by atoms with Crippen molar-refractivity contribution in [2.45, 2.75) is 50.3 Å². The van der Waals surface area contributed by atoms with Crippen LogP contribution in [-0.4, -0.2) is 23.3 Å². The van der Waals surface area contributed by atoms with Gasteiger partial charge in [-0.15, -0.1) is 0 Å². The molecule has 0 aromatic rings. The number of nitrogens with one attached hydrogen (secondary N) is 1. The van der Waals surface area contributed by atoms with Gasteiger partial charge in [0.15, 0.2) is 0 Å². The van der Waals surface area contributed by atoms with Crippen LogP contribution in [0.3, 0.4) is 0 Å². The molecular weight excluding hydrogens is 126 g/mol. The van der Waals surface area contributed by atoms with Crippen LogP contribution < -0.4 is 5.32 Å². The van der Waals surface area contributed by atoms with Crippen molar-refractivity contribution < 1.29 is 5.11 Å². The summed E-state index contributed by atoms with van der Waals surface area (Å²) in [6.07, 6.45) is 5.97. The zero-order valence-electron chi connectivity index (χ0n) is 6.21. The second-order valence-electron chi connectivity index (χ2n) is 3.55. The molecule has 0 radical (unpaired) electrons. The van der Waals surface area contributed by atoms with Gasteiger partial charge < -0.3 is 10.4 Å². The van der Waals surface area contributed by atoms with E-state index >= 15 is 0 Å². The average Bonchev–Trinajstić information content (AvgIpc) is 2.62. The van der Waals surface area contributed by atoms with Gasteiger partial charge >= 0.3 is 0 Å². The van der Waals surface area contributed by atoms with E-state index in [1.807, 2.05) is 0 Å². The van der Waals surface area contributed by atoms with Gasteiger partial charge in [-0.2, -0.15) is 0 Å². The van der Waals surface area contributed by atoms with Crippen molar-refractivity contribution in [2.75, 3.05) is 0 Å². The Bertz CT molecular complexity index is 122. The summed E-state index contributed by atoms with van der Waals surface area (Å²) < 4.78 is 0. The normalized spacial score (nSPS) is 40.5. The first kappa shape index (κ1) is 6.62.